The van der Waals surface area contributed by atoms with Crippen molar-refractivity contribution in [2.45, 2.75) is 13.0 Å². The average Bonchev–Trinajstić information content (AvgIpc) is 2.63. The van der Waals surface area contributed by atoms with Crippen molar-refractivity contribution in [1.82, 2.24) is 14.8 Å². The Labute approximate surface area is 91.8 Å². The lowest BCUT2D eigenvalue weighted by atomic mass is 10.3. The molecule has 1 unspecified atom stereocenters. The van der Waals surface area contributed by atoms with Crippen molar-refractivity contribution in [2.24, 2.45) is 12.8 Å². The standard InChI is InChI=1S/C8H13N5O3/c1-3-16-7(15)5(9)6(14)12-8-10-4-11-13(8)2/h4-5H,3,9H2,1-2H3,(H,10,11,12,14). The van der Waals surface area contributed by atoms with Gasteiger partial charge in [0.05, 0.1) is 6.61 Å². The van der Waals surface area contributed by atoms with Gasteiger partial charge in [0, 0.05) is 7.05 Å². The predicted octanol–water partition coefficient (Wildman–Crippen LogP) is -1.36. The summed E-state index contributed by atoms with van der Waals surface area (Å²) in [5.74, 6) is -1.25. The molecule has 1 heterocycles. The van der Waals surface area contributed by atoms with Gasteiger partial charge in [-0.25, -0.2) is 9.48 Å². The van der Waals surface area contributed by atoms with E-state index in [4.69, 9.17) is 5.73 Å². The van der Waals surface area contributed by atoms with Gasteiger partial charge in [0.15, 0.2) is 6.04 Å². The van der Waals surface area contributed by atoms with E-state index in [9.17, 15) is 9.59 Å². The van der Waals surface area contributed by atoms with E-state index < -0.39 is 17.9 Å². The monoisotopic (exact) mass is 227 g/mol. The first-order chi connectivity index (χ1) is 7.56. The van der Waals surface area contributed by atoms with Crippen LogP contribution in [0.5, 0.6) is 0 Å². The first-order valence-electron chi connectivity index (χ1n) is 4.63. The van der Waals surface area contributed by atoms with Gasteiger partial charge < -0.3 is 10.5 Å². The van der Waals surface area contributed by atoms with Crippen LogP contribution < -0.4 is 11.1 Å². The van der Waals surface area contributed by atoms with Gasteiger partial charge in [-0.05, 0) is 6.92 Å². The Hall–Kier alpha value is -1.96. The van der Waals surface area contributed by atoms with E-state index >= 15 is 0 Å². The lowest BCUT2D eigenvalue weighted by Gasteiger charge is -2.10. The van der Waals surface area contributed by atoms with Gasteiger partial charge in [-0.3, -0.25) is 10.1 Å². The number of nitrogens with two attached hydrogens (primary N) is 1. The van der Waals surface area contributed by atoms with Gasteiger partial charge in [-0.15, -0.1) is 0 Å². The maximum absolute atomic E-state index is 11.5. The van der Waals surface area contributed by atoms with E-state index in [1.165, 1.54) is 11.0 Å². The Morgan fingerprint density at radius 1 is 1.69 bits per heavy atom. The van der Waals surface area contributed by atoms with Crippen LogP contribution in [0.25, 0.3) is 0 Å². The van der Waals surface area contributed by atoms with E-state index in [0.29, 0.717) is 0 Å². The van der Waals surface area contributed by atoms with Crippen molar-refractivity contribution in [1.29, 1.82) is 0 Å². The largest absolute Gasteiger partial charge is 0.464 e. The van der Waals surface area contributed by atoms with Crippen molar-refractivity contribution in [3.63, 3.8) is 0 Å². The number of aryl methyl sites for hydroxylation is 1. The molecule has 0 saturated carbocycles. The van der Waals surface area contributed by atoms with Gasteiger partial charge in [-0.1, -0.05) is 0 Å². The zero-order chi connectivity index (χ0) is 12.1. The third-order valence-corrected chi connectivity index (χ3v) is 1.77. The number of anilines is 1. The number of nitrogens with zero attached hydrogens (tertiary/aromatic N) is 3. The van der Waals surface area contributed by atoms with Gasteiger partial charge in [0.1, 0.15) is 6.33 Å². The number of carbonyl (C=O) groups is 2. The topological polar surface area (TPSA) is 112 Å². The molecule has 0 fully saturated rings. The van der Waals surface area contributed by atoms with Crippen LogP contribution in [0, 0.1) is 0 Å². The Balaban J connectivity index is 2.59. The van der Waals surface area contributed by atoms with Crippen LogP contribution in [0.1, 0.15) is 6.92 Å². The highest BCUT2D eigenvalue weighted by atomic mass is 16.5. The number of rotatable bonds is 4. The Morgan fingerprint density at radius 2 is 2.38 bits per heavy atom. The molecule has 1 aromatic rings. The second-order valence-electron chi connectivity index (χ2n) is 2.93. The molecule has 0 aliphatic carbocycles. The lowest BCUT2D eigenvalue weighted by molar-refractivity contribution is -0.146. The van der Waals surface area contributed by atoms with Crippen molar-refractivity contribution < 1.29 is 14.3 Å². The molecule has 16 heavy (non-hydrogen) atoms. The van der Waals surface area contributed by atoms with E-state index in [0.717, 1.165) is 0 Å². The van der Waals surface area contributed by atoms with Gasteiger partial charge in [0.2, 0.25) is 5.95 Å². The van der Waals surface area contributed by atoms with Crippen LogP contribution in [-0.2, 0) is 21.4 Å². The number of aromatic nitrogens is 3. The molecule has 0 radical (unpaired) electrons. The summed E-state index contributed by atoms with van der Waals surface area (Å²) in [5.41, 5.74) is 5.37. The molecule has 1 aromatic heterocycles. The van der Waals surface area contributed by atoms with Crippen LogP contribution in [0.2, 0.25) is 0 Å². The fraction of sp³-hybridized carbons (Fsp3) is 0.500. The number of amides is 1. The smallest absolute Gasteiger partial charge is 0.332 e. The molecular weight excluding hydrogens is 214 g/mol. The SMILES string of the molecule is CCOC(=O)C(N)C(=O)Nc1ncnn1C. The first-order valence-corrected chi connectivity index (χ1v) is 4.63. The fourth-order valence-corrected chi connectivity index (χ4v) is 0.936. The van der Waals surface area contributed by atoms with Crippen LogP contribution in [0.15, 0.2) is 6.33 Å². The lowest BCUT2D eigenvalue weighted by Crippen LogP contribution is -2.43. The summed E-state index contributed by atoms with van der Waals surface area (Å²) >= 11 is 0. The number of ether oxygens (including phenoxy) is 1. The third kappa shape index (κ3) is 2.76. The summed E-state index contributed by atoms with van der Waals surface area (Å²) in [6, 6.07) is -1.36. The maximum atomic E-state index is 11.5. The molecule has 0 aliphatic heterocycles. The fourth-order valence-electron chi connectivity index (χ4n) is 0.936. The van der Waals surface area contributed by atoms with Crippen molar-refractivity contribution >= 4 is 17.8 Å². The first kappa shape index (κ1) is 12.1. The molecule has 1 rings (SSSR count). The minimum atomic E-state index is -1.36. The normalized spacial score (nSPS) is 11.9. The summed E-state index contributed by atoms with van der Waals surface area (Å²) in [4.78, 5) is 26.4. The van der Waals surface area contributed by atoms with Gasteiger partial charge in [-0.2, -0.15) is 10.1 Å². The molecule has 0 aromatic carbocycles. The van der Waals surface area contributed by atoms with E-state index in [1.54, 1.807) is 14.0 Å². The molecule has 3 N–H and O–H groups in total. The highest BCUT2D eigenvalue weighted by Gasteiger charge is 2.24. The minimum absolute atomic E-state index is 0.170. The molecule has 88 valence electrons. The van der Waals surface area contributed by atoms with E-state index in [1.807, 2.05) is 0 Å². The number of carbonyl (C=O) groups excluding carboxylic acids is 2. The molecular formula is C8H13N5O3. The second kappa shape index (κ2) is 5.21. The maximum Gasteiger partial charge on any atom is 0.332 e. The summed E-state index contributed by atoms with van der Waals surface area (Å²) in [7, 11) is 1.60. The molecule has 8 heteroatoms. The summed E-state index contributed by atoms with van der Waals surface area (Å²) in [5, 5.41) is 6.10. The van der Waals surface area contributed by atoms with Crippen LogP contribution >= 0.6 is 0 Å². The highest BCUT2D eigenvalue weighted by Crippen LogP contribution is 1.99. The van der Waals surface area contributed by atoms with Gasteiger partial charge >= 0.3 is 5.97 Å². The molecule has 0 spiro atoms. The Kier molecular flexibility index (Phi) is 3.95. The molecule has 1 amide bonds. The number of hydrogen-bond acceptors (Lipinski definition) is 6. The van der Waals surface area contributed by atoms with Crippen molar-refractivity contribution in [3.05, 3.63) is 6.33 Å². The summed E-state index contributed by atoms with van der Waals surface area (Å²) in [6.07, 6.45) is 1.27. The molecule has 0 bridgehead atoms. The zero-order valence-electron chi connectivity index (χ0n) is 9.01. The summed E-state index contributed by atoms with van der Waals surface area (Å²) < 4.78 is 5.95. The number of nitrogens with one attached hydrogen (secondary N) is 1. The van der Waals surface area contributed by atoms with Crippen LogP contribution in [0.3, 0.4) is 0 Å². The number of hydrogen-bond donors (Lipinski definition) is 2. The second-order valence-corrected chi connectivity index (χ2v) is 2.93. The van der Waals surface area contributed by atoms with Gasteiger partial charge in [0.25, 0.3) is 5.91 Å². The molecule has 0 aliphatic rings. The Morgan fingerprint density at radius 3 is 2.88 bits per heavy atom. The Bertz CT molecular complexity index is 389. The van der Waals surface area contributed by atoms with Crippen LogP contribution in [0.4, 0.5) is 5.95 Å². The van der Waals surface area contributed by atoms with E-state index in [-0.39, 0.29) is 12.6 Å². The van der Waals surface area contributed by atoms with Crippen molar-refractivity contribution in [2.75, 3.05) is 11.9 Å². The van der Waals surface area contributed by atoms with Crippen LogP contribution in [-0.4, -0.2) is 39.3 Å². The van der Waals surface area contributed by atoms with Crippen molar-refractivity contribution in [3.8, 4) is 0 Å². The molecule has 0 saturated heterocycles. The highest BCUT2D eigenvalue weighted by molar-refractivity contribution is 6.07. The minimum Gasteiger partial charge on any atom is -0.464 e. The predicted molar refractivity (Wildman–Crippen MR) is 54.2 cm³/mol. The molecule has 8 nitrogen and oxygen atoms in total. The van der Waals surface area contributed by atoms with E-state index in [2.05, 4.69) is 20.1 Å². The quantitative estimate of drug-likeness (QED) is 0.485. The average molecular weight is 227 g/mol. The molecule has 1 atom stereocenters. The summed E-state index contributed by atoms with van der Waals surface area (Å²) in [6.45, 7) is 1.80. The number of esters is 1. The zero-order valence-corrected chi connectivity index (χ0v) is 9.01. The third-order valence-electron chi connectivity index (χ3n) is 1.77.